The SMILES string of the molecule is C=C(N=C(/N=C(\CCC)n1c2ccccc2c2ccccc21)n1c(/C=C\C)c(C)c2ccc3c(c21)-c1ccccc1C3(C)C)c1ccccc1. The molecule has 0 saturated carbocycles. The second-order valence-corrected chi connectivity index (χ2v) is 13.8. The third-order valence-corrected chi connectivity index (χ3v) is 10.4. The number of allylic oxidation sites excluding steroid dienone is 1. The number of rotatable bonds is 5. The summed E-state index contributed by atoms with van der Waals surface area (Å²) >= 11 is 0. The lowest BCUT2D eigenvalue weighted by Crippen LogP contribution is -2.19. The van der Waals surface area contributed by atoms with Crippen molar-refractivity contribution in [2.24, 2.45) is 9.98 Å². The molecule has 2 heterocycles. The lowest BCUT2D eigenvalue weighted by molar-refractivity contribution is 0.661. The zero-order chi connectivity index (χ0) is 34.6. The Morgan fingerprint density at radius 1 is 0.720 bits per heavy atom. The van der Waals surface area contributed by atoms with E-state index in [1.165, 1.54) is 44.0 Å². The van der Waals surface area contributed by atoms with Crippen molar-refractivity contribution < 1.29 is 0 Å². The Bertz CT molecular complexity index is 2500. The van der Waals surface area contributed by atoms with Crippen LogP contribution in [0.4, 0.5) is 0 Å². The molecule has 0 spiro atoms. The van der Waals surface area contributed by atoms with Crippen molar-refractivity contribution in [1.29, 1.82) is 0 Å². The molecular weight excluding hydrogens is 609 g/mol. The van der Waals surface area contributed by atoms with Crippen LogP contribution in [0.5, 0.6) is 0 Å². The normalized spacial score (nSPS) is 14.3. The van der Waals surface area contributed by atoms with Gasteiger partial charge in [0.15, 0.2) is 0 Å². The average molecular weight is 651 g/mol. The van der Waals surface area contributed by atoms with Crippen LogP contribution in [0.1, 0.15) is 68.5 Å². The summed E-state index contributed by atoms with van der Waals surface area (Å²) in [5.74, 6) is 1.55. The molecule has 50 heavy (non-hydrogen) atoms. The van der Waals surface area contributed by atoms with Crippen LogP contribution in [0.25, 0.3) is 55.6 Å². The zero-order valence-corrected chi connectivity index (χ0v) is 29.5. The summed E-state index contributed by atoms with van der Waals surface area (Å²) in [6, 6.07) is 41.0. The topological polar surface area (TPSA) is 34.6 Å². The van der Waals surface area contributed by atoms with Crippen LogP contribution in [0.3, 0.4) is 0 Å². The van der Waals surface area contributed by atoms with Gasteiger partial charge in [0.25, 0.3) is 0 Å². The van der Waals surface area contributed by atoms with E-state index in [-0.39, 0.29) is 5.41 Å². The van der Waals surface area contributed by atoms with E-state index in [1.54, 1.807) is 0 Å². The standard InChI is InChI=1S/C46H42N4/c1-7-18-39-30(3)33-28-29-38-43(36-24-12-15-25-37(36)46(38,5)6)44(33)50(39)45(47-31(4)32-20-10-9-11-21-32)48-42(19-8-2)49-40-26-16-13-22-34(40)35-23-14-17-27-41(35)49/h7,9-18,20-29H,4,8,19H2,1-3,5-6H3/b18-7-,47-45?,48-42+. The molecule has 1 aliphatic carbocycles. The molecule has 0 unspecified atom stereocenters. The zero-order valence-electron chi connectivity index (χ0n) is 29.5. The van der Waals surface area contributed by atoms with Gasteiger partial charge in [-0.2, -0.15) is 4.99 Å². The molecule has 246 valence electrons. The van der Waals surface area contributed by atoms with Gasteiger partial charge in [-0.3, -0.25) is 9.13 Å². The van der Waals surface area contributed by atoms with Crippen molar-refractivity contribution in [2.75, 3.05) is 0 Å². The van der Waals surface area contributed by atoms with Crippen molar-refractivity contribution in [1.82, 2.24) is 9.13 Å². The Kier molecular flexibility index (Phi) is 7.75. The lowest BCUT2D eigenvalue weighted by Gasteiger charge is -2.21. The molecule has 0 saturated heterocycles. The molecule has 4 nitrogen and oxygen atoms in total. The maximum Gasteiger partial charge on any atom is 0.236 e. The summed E-state index contributed by atoms with van der Waals surface area (Å²) in [7, 11) is 0. The van der Waals surface area contributed by atoms with Crippen LogP contribution in [0.15, 0.2) is 138 Å². The predicted molar refractivity (Wildman–Crippen MR) is 214 cm³/mol. The highest BCUT2D eigenvalue weighted by Crippen LogP contribution is 2.52. The summed E-state index contributed by atoms with van der Waals surface area (Å²) in [6.45, 7) is 15.7. The first-order valence-electron chi connectivity index (χ1n) is 17.7. The fourth-order valence-corrected chi connectivity index (χ4v) is 8.00. The first kappa shape index (κ1) is 31.5. The molecule has 7 aromatic rings. The molecular formula is C46H42N4. The maximum absolute atomic E-state index is 5.67. The van der Waals surface area contributed by atoms with E-state index in [2.05, 4.69) is 160 Å². The fraction of sp³-hybridized carbons (Fsp3) is 0.174. The van der Waals surface area contributed by atoms with Gasteiger partial charge in [-0.25, -0.2) is 4.99 Å². The number of para-hydroxylation sites is 2. The van der Waals surface area contributed by atoms with Crippen LogP contribution in [0.2, 0.25) is 0 Å². The Morgan fingerprint density at radius 3 is 2.04 bits per heavy atom. The number of benzene rings is 5. The monoisotopic (exact) mass is 650 g/mol. The molecule has 4 heteroatoms. The van der Waals surface area contributed by atoms with E-state index in [0.29, 0.717) is 11.7 Å². The highest BCUT2D eigenvalue weighted by Gasteiger charge is 2.38. The number of hydrogen-bond acceptors (Lipinski definition) is 1. The molecule has 0 bridgehead atoms. The number of hydrogen-bond donors (Lipinski definition) is 0. The molecule has 2 aromatic heterocycles. The smallest absolute Gasteiger partial charge is 0.236 e. The van der Waals surface area contributed by atoms with E-state index in [9.17, 15) is 0 Å². The largest absolute Gasteiger partial charge is 0.297 e. The van der Waals surface area contributed by atoms with Crippen molar-refractivity contribution in [3.05, 3.63) is 156 Å². The summed E-state index contributed by atoms with van der Waals surface area (Å²) in [4.78, 5) is 11.0. The van der Waals surface area contributed by atoms with Crippen LogP contribution >= 0.6 is 0 Å². The summed E-state index contributed by atoms with van der Waals surface area (Å²) in [6.07, 6.45) is 6.01. The van der Waals surface area contributed by atoms with E-state index in [4.69, 9.17) is 9.98 Å². The number of aromatic nitrogens is 2. The first-order valence-corrected chi connectivity index (χ1v) is 17.7. The second kappa shape index (κ2) is 12.3. The van der Waals surface area contributed by atoms with Crippen LogP contribution in [-0.4, -0.2) is 20.9 Å². The third-order valence-electron chi connectivity index (χ3n) is 10.4. The molecule has 1 aliphatic rings. The van der Waals surface area contributed by atoms with Crippen LogP contribution in [0, 0.1) is 6.92 Å². The summed E-state index contributed by atoms with van der Waals surface area (Å²) in [5.41, 5.74) is 12.3. The molecule has 0 atom stereocenters. The molecule has 0 fully saturated rings. The van der Waals surface area contributed by atoms with Gasteiger partial charge in [0, 0.05) is 33.6 Å². The number of fused-ring (bicyclic) bond motifs is 8. The molecule has 0 N–H and O–H groups in total. The van der Waals surface area contributed by atoms with Gasteiger partial charge in [-0.15, -0.1) is 0 Å². The number of aliphatic imine (C=N–C) groups is 2. The summed E-state index contributed by atoms with van der Waals surface area (Å²) < 4.78 is 4.64. The molecule has 8 rings (SSSR count). The van der Waals surface area contributed by atoms with E-state index in [0.717, 1.165) is 46.5 Å². The van der Waals surface area contributed by atoms with E-state index >= 15 is 0 Å². The van der Waals surface area contributed by atoms with Crippen molar-refractivity contribution in [3.63, 3.8) is 0 Å². The van der Waals surface area contributed by atoms with Gasteiger partial charge in [-0.1, -0.05) is 137 Å². The number of nitrogens with zero attached hydrogens (tertiary/aromatic N) is 4. The highest BCUT2D eigenvalue weighted by atomic mass is 15.2. The van der Waals surface area contributed by atoms with Gasteiger partial charge < -0.3 is 0 Å². The minimum atomic E-state index is -0.144. The number of aryl methyl sites for hydroxylation is 1. The van der Waals surface area contributed by atoms with Gasteiger partial charge in [-0.05, 0) is 66.3 Å². The fourth-order valence-electron chi connectivity index (χ4n) is 8.00. The van der Waals surface area contributed by atoms with Gasteiger partial charge in [0.2, 0.25) is 5.96 Å². The predicted octanol–water partition coefficient (Wildman–Crippen LogP) is 12.0. The minimum Gasteiger partial charge on any atom is -0.297 e. The van der Waals surface area contributed by atoms with Crippen molar-refractivity contribution >= 4 is 56.3 Å². The maximum atomic E-state index is 5.67. The van der Waals surface area contributed by atoms with Gasteiger partial charge in [0.05, 0.1) is 27.9 Å². The Morgan fingerprint density at radius 2 is 1.36 bits per heavy atom. The Labute approximate surface area is 294 Å². The van der Waals surface area contributed by atoms with E-state index in [1.807, 2.05) is 18.2 Å². The Balaban J connectivity index is 1.51. The van der Waals surface area contributed by atoms with Gasteiger partial charge >= 0.3 is 0 Å². The summed E-state index contributed by atoms with van der Waals surface area (Å²) in [5, 5.41) is 3.63. The third kappa shape index (κ3) is 4.81. The average Bonchev–Trinajstić information content (AvgIpc) is 3.71. The Hall–Kier alpha value is -5.74. The minimum absolute atomic E-state index is 0.144. The van der Waals surface area contributed by atoms with E-state index < -0.39 is 0 Å². The first-order chi connectivity index (χ1) is 24.3. The van der Waals surface area contributed by atoms with Gasteiger partial charge in [0.1, 0.15) is 5.84 Å². The molecule has 0 amide bonds. The molecule has 0 radical (unpaired) electrons. The second-order valence-electron chi connectivity index (χ2n) is 13.8. The molecule has 5 aromatic carbocycles. The molecule has 0 aliphatic heterocycles. The van der Waals surface area contributed by atoms with Crippen LogP contribution in [-0.2, 0) is 5.41 Å². The van der Waals surface area contributed by atoms with Crippen LogP contribution < -0.4 is 0 Å². The van der Waals surface area contributed by atoms with Crippen molar-refractivity contribution in [3.8, 4) is 11.1 Å². The quantitative estimate of drug-likeness (QED) is 0.131. The van der Waals surface area contributed by atoms with Crippen molar-refractivity contribution in [2.45, 2.75) is 52.9 Å². The highest BCUT2D eigenvalue weighted by molar-refractivity contribution is 6.17. The lowest BCUT2D eigenvalue weighted by atomic mass is 9.82.